The standard InChI is InChI=1S/C44H26O/c1-2-12-28-26-42-39(23-27(28)11-1)38-25-30(21-22-41(38)45-42)43-34-17-7-9-19-36(34)44(37-20-10-8-18-35(37)43)40-24-29-13-3-4-14-31(29)32-15-5-6-16-33(32)40/h1-26H/i1D,2D,3D,4D,5D,6D,11D,12D,13D,14D,15D,16D,21D,22D,23D,24D,25D,26D. The van der Waals surface area contributed by atoms with Crippen LogP contribution in [0, 0.1) is 0 Å². The fraction of sp³-hybridized carbons (Fsp3) is 0. The molecular formula is C44H26O. The first kappa shape index (κ1) is 13.0. The second-order valence-electron chi connectivity index (χ2n) is 10.6. The van der Waals surface area contributed by atoms with Crippen molar-refractivity contribution in [2.45, 2.75) is 0 Å². The molecule has 0 saturated carbocycles. The minimum absolute atomic E-state index is 0.0543. The molecule has 208 valence electrons. The zero-order chi connectivity index (χ0) is 45.1. The van der Waals surface area contributed by atoms with Gasteiger partial charge in [0, 0.05) is 10.8 Å². The van der Waals surface area contributed by atoms with Crippen molar-refractivity contribution in [3.63, 3.8) is 0 Å². The maximum atomic E-state index is 9.79. The normalized spacial score (nSPS) is 17.6. The van der Waals surface area contributed by atoms with E-state index in [-0.39, 0.29) is 82.6 Å². The molecule has 1 heterocycles. The maximum Gasteiger partial charge on any atom is 0.136 e. The molecule has 0 radical (unpaired) electrons. The Morgan fingerprint density at radius 1 is 0.378 bits per heavy atom. The average molecular weight is 589 g/mol. The van der Waals surface area contributed by atoms with Crippen LogP contribution in [-0.4, -0.2) is 0 Å². The van der Waals surface area contributed by atoms with Crippen LogP contribution >= 0.6 is 0 Å². The highest BCUT2D eigenvalue weighted by Crippen LogP contribution is 2.47. The summed E-state index contributed by atoms with van der Waals surface area (Å²) in [6.07, 6.45) is 0. The SMILES string of the molecule is [2H]c1c(-c2c3ccccc3c(-c3c([2H])c4c([2H])c([2H])c([2H])c([2H])c4c4c([2H])c([2H])c([2H])c([2H])c34)c3ccccc23)c([2H])c2c(oc3c([2H])c4c([2H])c([2H])c([2H])c([2H])c4c([2H])c32)c1[2H]. The molecule has 1 aromatic heterocycles. The molecule has 0 aliphatic rings. The predicted molar refractivity (Wildman–Crippen MR) is 192 cm³/mol. The van der Waals surface area contributed by atoms with E-state index in [1.165, 1.54) is 0 Å². The zero-order valence-electron chi connectivity index (χ0n) is 41.0. The quantitative estimate of drug-likeness (QED) is 0.145. The molecule has 0 amide bonds. The fourth-order valence-corrected chi connectivity index (χ4v) is 6.31. The Kier molecular flexibility index (Phi) is 2.68. The second kappa shape index (κ2) is 9.29. The van der Waals surface area contributed by atoms with Crippen molar-refractivity contribution in [1.82, 2.24) is 0 Å². The van der Waals surface area contributed by atoms with Gasteiger partial charge in [0.1, 0.15) is 11.2 Å². The van der Waals surface area contributed by atoms with Gasteiger partial charge in [-0.3, -0.25) is 0 Å². The van der Waals surface area contributed by atoms with Crippen molar-refractivity contribution >= 4 is 75.8 Å². The van der Waals surface area contributed by atoms with Crippen LogP contribution in [0.25, 0.3) is 98.1 Å². The van der Waals surface area contributed by atoms with Crippen LogP contribution in [0.1, 0.15) is 24.7 Å². The Bertz CT molecular complexity index is 3780. The molecule has 9 aromatic carbocycles. The number of rotatable bonds is 2. The third-order valence-electron chi connectivity index (χ3n) is 8.19. The highest BCUT2D eigenvalue weighted by molar-refractivity contribution is 6.26. The van der Waals surface area contributed by atoms with Gasteiger partial charge in [0.15, 0.2) is 0 Å². The van der Waals surface area contributed by atoms with Gasteiger partial charge in [0.05, 0.1) is 24.7 Å². The molecule has 45 heavy (non-hydrogen) atoms. The van der Waals surface area contributed by atoms with E-state index in [1.54, 1.807) is 48.5 Å². The van der Waals surface area contributed by atoms with Crippen LogP contribution in [0.15, 0.2) is 162 Å². The summed E-state index contributed by atoms with van der Waals surface area (Å²) >= 11 is 0. The topological polar surface area (TPSA) is 13.1 Å². The molecule has 0 fully saturated rings. The number of hydrogen-bond acceptors (Lipinski definition) is 1. The van der Waals surface area contributed by atoms with E-state index in [0.717, 1.165) is 0 Å². The average Bonchev–Trinajstić information content (AvgIpc) is 3.69. The molecular weight excluding hydrogens is 544 g/mol. The third kappa shape index (κ3) is 3.56. The second-order valence-corrected chi connectivity index (χ2v) is 10.6. The molecule has 1 heteroatoms. The first-order valence-corrected chi connectivity index (χ1v) is 14.1. The van der Waals surface area contributed by atoms with Gasteiger partial charge in [-0.25, -0.2) is 0 Å². The van der Waals surface area contributed by atoms with Crippen LogP contribution in [0.4, 0.5) is 0 Å². The van der Waals surface area contributed by atoms with Crippen molar-refractivity contribution in [1.29, 1.82) is 0 Å². The molecule has 0 bridgehead atoms. The van der Waals surface area contributed by atoms with Crippen molar-refractivity contribution in [2.75, 3.05) is 0 Å². The first-order chi connectivity index (χ1) is 29.8. The molecule has 0 N–H and O–H groups in total. The summed E-state index contributed by atoms with van der Waals surface area (Å²) in [7, 11) is 0. The Labute approximate surface area is 284 Å². The number of furan rings is 1. The molecule has 0 saturated heterocycles. The van der Waals surface area contributed by atoms with Gasteiger partial charge in [-0.05, 0) is 106 Å². The Hall–Kier alpha value is -5.92. The smallest absolute Gasteiger partial charge is 0.136 e. The van der Waals surface area contributed by atoms with Crippen LogP contribution in [0.5, 0.6) is 0 Å². The lowest BCUT2D eigenvalue weighted by Crippen LogP contribution is -1.92. The van der Waals surface area contributed by atoms with Crippen molar-refractivity contribution in [3.8, 4) is 22.3 Å². The molecule has 10 rings (SSSR count). The van der Waals surface area contributed by atoms with Gasteiger partial charge in [-0.2, -0.15) is 0 Å². The summed E-state index contributed by atoms with van der Waals surface area (Å²) in [6.45, 7) is 0. The Balaban J connectivity index is 1.43. The van der Waals surface area contributed by atoms with Gasteiger partial charge >= 0.3 is 0 Å². The third-order valence-corrected chi connectivity index (χ3v) is 8.19. The summed E-state index contributed by atoms with van der Waals surface area (Å²) in [5.41, 5.74) is -0.245. The van der Waals surface area contributed by atoms with Crippen molar-refractivity contribution < 1.29 is 29.1 Å². The largest absolute Gasteiger partial charge is 0.456 e. The van der Waals surface area contributed by atoms with Gasteiger partial charge in [0.2, 0.25) is 0 Å². The first-order valence-electron chi connectivity index (χ1n) is 23.1. The molecule has 0 spiro atoms. The zero-order valence-corrected chi connectivity index (χ0v) is 23.0. The van der Waals surface area contributed by atoms with Crippen LogP contribution in [-0.2, 0) is 0 Å². The van der Waals surface area contributed by atoms with E-state index < -0.39 is 103 Å². The lowest BCUT2D eigenvalue weighted by molar-refractivity contribution is 0.669. The van der Waals surface area contributed by atoms with E-state index in [9.17, 15) is 8.22 Å². The molecule has 0 atom stereocenters. The van der Waals surface area contributed by atoms with Gasteiger partial charge in [-0.1, -0.05) is 127 Å². The van der Waals surface area contributed by atoms with Crippen molar-refractivity contribution in [2.24, 2.45) is 0 Å². The summed E-state index contributed by atoms with van der Waals surface area (Å²) in [5, 5.41) is -0.286. The summed E-state index contributed by atoms with van der Waals surface area (Å²) in [5.74, 6) is 0. The molecule has 10 aromatic rings. The molecule has 0 unspecified atom stereocenters. The fourth-order valence-electron chi connectivity index (χ4n) is 6.31. The highest BCUT2D eigenvalue weighted by Gasteiger charge is 2.20. The summed E-state index contributed by atoms with van der Waals surface area (Å²) in [4.78, 5) is 0. The van der Waals surface area contributed by atoms with Crippen LogP contribution in [0.3, 0.4) is 0 Å². The predicted octanol–water partition coefficient (Wildman–Crippen LogP) is 12.7. The summed E-state index contributed by atoms with van der Waals surface area (Å²) in [6, 6.07) is 3.50. The van der Waals surface area contributed by atoms with E-state index in [4.69, 9.17) is 20.9 Å². The minimum atomic E-state index is -0.643. The molecule has 0 aliphatic carbocycles. The highest BCUT2D eigenvalue weighted by atomic mass is 16.3. The van der Waals surface area contributed by atoms with Crippen molar-refractivity contribution in [3.05, 3.63) is 157 Å². The lowest BCUT2D eigenvalue weighted by Gasteiger charge is -2.19. The molecule has 1 nitrogen and oxygen atoms in total. The van der Waals surface area contributed by atoms with E-state index in [2.05, 4.69) is 0 Å². The number of fused-ring (bicyclic) bond motifs is 9. The van der Waals surface area contributed by atoms with Crippen LogP contribution < -0.4 is 0 Å². The summed E-state index contributed by atoms with van der Waals surface area (Å²) < 4.78 is 167. The maximum absolute atomic E-state index is 9.79. The Morgan fingerprint density at radius 2 is 0.933 bits per heavy atom. The lowest BCUT2D eigenvalue weighted by atomic mass is 9.83. The van der Waals surface area contributed by atoms with E-state index >= 15 is 0 Å². The number of benzene rings is 9. The van der Waals surface area contributed by atoms with Gasteiger partial charge in [-0.15, -0.1) is 0 Å². The Morgan fingerprint density at radius 3 is 1.64 bits per heavy atom. The monoisotopic (exact) mass is 588 g/mol. The van der Waals surface area contributed by atoms with Crippen LogP contribution in [0.2, 0.25) is 0 Å². The molecule has 0 aliphatic heterocycles. The van der Waals surface area contributed by atoms with Gasteiger partial charge in [0.25, 0.3) is 0 Å². The van der Waals surface area contributed by atoms with E-state index in [0.29, 0.717) is 21.5 Å². The van der Waals surface area contributed by atoms with E-state index in [1.807, 2.05) is 0 Å². The number of hydrogen-bond donors (Lipinski definition) is 0. The van der Waals surface area contributed by atoms with Gasteiger partial charge < -0.3 is 4.42 Å². The minimum Gasteiger partial charge on any atom is -0.456 e.